The van der Waals surface area contributed by atoms with E-state index in [1.807, 2.05) is 0 Å². The Morgan fingerprint density at radius 2 is 2.00 bits per heavy atom. The lowest BCUT2D eigenvalue weighted by Crippen LogP contribution is -2.44. The van der Waals surface area contributed by atoms with Crippen molar-refractivity contribution in [2.24, 2.45) is 11.7 Å². The van der Waals surface area contributed by atoms with Crippen LogP contribution in [0.2, 0.25) is 0 Å². The number of alkyl halides is 3. The van der Waals surface area contributed by atoms with Gasteiger partial charge in [0.2, 0.25) is 11.9 Å². The van der Waals surface area contributed by atoms with Crippen molar-refractivity contribution in [1.82, 2.24) is 14.9 Å². The first-order valence-electron chi connectivity index (χ1n) is 7.58. The van der Waals surface area contributed by atoms with Crippen molar-refractivity contribution >= 4 is 17.9 Å². The van der Waals surface area contributed by atoms with E-state index in [0.717, 1.165) is 17.2 Å². The van der Waals surface area contributed by atoms with E-state index in [9.17, 15) is 22.8 Å². The molecule has 1 aromatic rings. The number of nitrogens with zero attached hydrogens (tertiary/aromatic N) is 4. The van der Waals surface area contributed by atoms with Crippen LogP contribution in [0.5, 0.6) is 0 Å². The Morgan fingerprint density at radius 3 is 2.52 bits per heavy atom. The Morgan fingerprint density at radius 1 is 1.36 bits per heavy atom. The van der Waals surface area contributed by atoms with Gasteiger partial charge in [0.05, 0.1) is 0 Å². The Labute approximate surface area is 141 Å². The fourth-order valence-electron chi connectivity index (χ4n) is 2.68. The van der Waals surface area contributed by atoms with E-state index in [4.69, 9.17) is 10.8 Å². The van der Waals surface area contributed by atoms with Gasteiger partial charge in [0, 0.05) is 25.8 Å². The monoisotopic (exact) mass is 361 g/mol. The predicted molar refractivity (Wildman–Crippen MR) is 80.8 cm³/mol. The first kappa shape index (κ1) is 18.7. The van der Waals surface area contributed by atoms with Crippen LogP contribution in [0.3, 0.4) is 0 Å². The van der Waals surface area contributed by atoms with Crippen LogP contribution < -0.4 is 10.6 Å². The van der Waals surface area contributed by atoms with Crippen molar-refractivity contribution in [3.05, 3.63) is 18.0 Å². The van der Waals surface area contributed by atoms with Gasteiger partial charge in [-0.2, -0.15) is 13.2 Å². The number of hydrogen-bond donors (Lipinski definition) is 2. The number of primary amides is 1. The number of aromatic nitrogens is 2. The zero-order chi connectivity index (χ0) is 18.6. The molecule has 25 heavy (non-hydrogen) atoms. The van der Waals surface area contributed by atoms with Gasteiger partial charge < -0.3 is 15.7 Å². The Hall–Kier alpha value is -2.59. The molecular weight excluding hydrogens is 343 g/mol. The molecule has 0 unspecified atom stereocenters. The molecule has 138 valence electrons. The van der Waals surface area contributed by atoms with Gasteiger partial charge in [0.1, 0.15) is 12.2 Å². The third-order valence-corrected chi connectivity index (χ3v) is 3.93. The van der Waals surface area contributed by atoms with Gasteiger partial charge in [-0.05, 0) is 24.8 Å². The molecule has 0 spiro atoms. The molecule has 0 aliphatic carbocycles. The lowest BCUT2D eigenvalue weighted by Gasteiger charge is -2.34. The number of anilines is 1. The molecule has 2 amide bonds. The summed E-state index contributed by atoms with van der Waals surface area (Å²) in [6.45, 7) is 0.563. The summed E-state index contributed by atoms with van der Waals surface area (Å²) in [7, 11) is 0. The SMILES string of the molecule is NC(=O)CN(CC1CCN(c2nccc(C(F)(F)F)n2)CC1)C(=O)O. The highest BCUT2D eigenvalue weighted by atomic mass is 19.4. The summed E-state index contributed by atoms with van der Waals surface area (Å²) < 4.78 is 38.1. The van der Waals surface area contributed by atoms with Crippen molar-refractivity contribution in [3.8, 4) is 0 Å². The number of hydrogen-bond acceptors (Lipinski definition) is 5. The molecule has 0 bridgehead atoms. The van der Waals surface area contributed by atoms with Gasteiger partial charge in [-0.25, -0.2) is 14.8 Å². The molecule has 1 aliphatic rings. The van der Waals surface area contributed by atoms with Crippen molar-refractivity contribution in [1.29, 1.82) is 0 Å². The standard InChI is InChI=1S/C14H18F3N5O3/c15-14(16,17)10-1-4-19-12(20-10)21-5-2-9(3-6-21)7-22(13(24)25)8-11(18)23/h1,4,9H,2-3,5-8H2,(H2,18,23)(H,24,25). The highest BCUT2D eigenvalue weighted by Gasteiger charge is 2.33. The predicted octanol–water partition coefficient (Wildman–Crippen LogP) is 1.18. The van der Waals surface area contributed by atoms with Crippen LogP contribution in [0, 0.1) is 5.92 Å². The molecule has 3 N–H and O–H groups in total. The van der Waals surface area contributed by atoms with Gasteiger partial charge in [-0.3, -0.25) is 9.69 Å². The second-order valence-electron chi connectivity index (χ2n) is 5.80. The zero-order valence-corrected chi connectivity index (χ0v) is 13.2. The van der Waals surface area contributed by atoms with E-state index in [0.29, 0.717) is 25.9 Å². The molecule has 1 aliphatic heterocycles. The summed E-state index contributed by atoms with van der Waals surface area (Å²) in [5.41, 5.74) is 4.02. The van der Waals surface area contributed by atoms with E-state index < -0.39 is 23.9 Å². The van der Waals surface area contributed by atoms with Gasteiger partial charge in [-0.15, -0.1) is 0 Å². The summed E-state index contributed by atoms with van der Waals surface area (Å²) >= 11 is 0. The largest absolute Gasteiger partial charge is 0.465 e. The van der Waals surface area contributed by atoms with Crippen molar-refractivity contribution < 1.29 is 27.9 Å². The third-order valence-electron chi connectivity index (χ3n) is 3.93. The summed E-state index contributed by atoms with van der Waals surface area (Å²) in [5.74, 6) is -0.754. The van der Waals surface area contributed by atoms with E-state index in [2.05, 4.69) is 9.97 Å². The first-order chi connectivity index (χ1) is 11.7. The number of piperidine rings is 1. The quantitative estimate of drug-likeness (QED) is 0.814. The van der Waals surface area contributed by atoms with E-state index in [1.165, 1.54) is 0 Å². The van der Waals surface area contributed by atoms with Crippen LogP contribution in [-0.4, -0.2) is 58.2 Å². The van der Waals surface area contributed by atoms with Crippen LogP contribution >= 0.6 is 0 Å². The topological polar surface area (TPSA) is 113 Å². The molecule has 1 saturated heterocycles. The Kier molecular flexibility index (Phi) is 5.65. The molecule has 0 saturated carbocycles. The second kappa shape index (κ2) is 7.53. The molecule has 0 aromatic carbocycles. The lowest BCUT2D eigenvalue weighted by atomic mass is 9.96. The highest BCUT2D eigenvalue weighted by molar-refractivity contribution is 5.80. The number of carboxylic acid groups (broad SMARTS) is 1. The molecule has 0 atom stereocenters. The fourth-order valence-corrected chi connectivity index (χ4v) is 2.68. The van der Waals surface area contributed by atoms with E-state index in [-0.39, 0.29) is 25.0 Å². The average Bonchev–Trinajstić information content (AvgIpc) is 2.54. The summed E-state index contributed by atoms with van der Waals surface area (Å²) in [6.07, 6.45) is -3.62. The molecular formula is C14H18F3N5O3. The molecule has 8 nitrogen and oxygen atoms in total. The molecule has 2 heterocycles. The number of carbonyl (C=O) groups excluding carboxylic acids is 1. The number of nitrogens with two attached hydrogens (primary N) is 1. The maximum atomic E-state index is 12.7. The summed E-state index contributed by atoms with van der Waals surface area (Å²) in [4.78, 5) is 32.0. The number of carbonyl (C=O) groups is 2. The molecule has 1 aromatic heterocycles. The Balaban J connectivity index is 1.95. The fraction of sp³-hybridized carbons (Fsp3) is 0.571. The summed E-state index contributed by atoms with van der Waals surface area (Å²) in [6, 6.07) is 0.810. The second-order valence-corrected chi connectivity index (χ2v) is 5.80. The first-order valence-corrected chi connectivity index (χ1v) is 7.58. The highest BCUT2D eigenvalue weighted by Crippen LogP contribution is 2.29. The van der Waals surface area contributed by atoms with Crippen LogP contribution in [-0.2, 0) is 11.0 Å². The minimum atomic E-state index is -4.53. The molecule has 0 radical (unpaired) electrons. The Bertz CT molecular complexity index is 632. The number of halogens is 3. The van der Waals surface area contributed by atoms with Crippen molar-refractivity contribution in [2.75, 3.05) is 31.1 Å². The molecule has 1 fully saturated rings. The smallest absolute Gasteiger partial charge is 0.433 e. The maximum Gasteiger partial charge on any atom is 0.433 e. The van der Waals surface area contributed by atoms with Gasteiger partial charge >= 0.3 is 12.3 Å². The minimum Gasteiger partial charge on any atom is -0.465 e. The van der Waals surface area contributed by atoms with Gasteiger partial charge in [-0.1, -0.05) is 0 Å². The molecule has 2 rings (SSSR count). The van der Waals surface area contributed by atoms with Crippen LogP contribution in [0.1, 0.15) is 18.5 Å². The minimum absolute atomic E-state index is 0.000465. The van der Waals surface area contributed by atoms with Gasteiger partial charge in [0.15, 0.2) is 0 Å². The van der Waals surface area contributed by atoms with E-state index in [1.54, 1.807) is 4.90 Å². The van der Waals surface area contributed by atoms with Crippen molar-refractivity contribution in [3.63, 3.8) is 0 Å². The van der Waals surface area contributed by atoms with Crippen LogP contribution in [0.15, 0.2) is 12.3 Å². The normalized spacial score (nSPS) is 15.9. The van der Waals surface area contributed by atoms with Crippen LogP contribution in [0.25, 0.3) is 0 Å². The third kappa shape index (κ3) is 5.19. The number of rotatable bonds is 5. The van der Waals surface area contributed by atoms with Crippen LogP contribution in [0.4, 0.5) is 23.9 Å². The number of amides is 2. The lowest BCUT2D eigenvalue weighted by molar-refractivity contribution is -0.141. The van der Waals surface area contributed by atoms with Gasteiger partial charge in [0.25, 0.3) is 0 Å². The van der Waals surface area contributed by atoms with Crippen molar-refractivity contribution in [2.45, 2.75) is 19.0 Å². The summed E-state index contributed by atoms with van der Waals surface area (Å²) in [5, 5.41) is 9.07. The molecule has 11 heteroatoms. The van der Waals surface area contributed by atoms with E-state index >= 15 is 0 Å². The zero-order valence-electron chi connectivity index (χ0n) is 13.2. The maximum absolute atomic E-state index is 12.7. The average molecular weight is 361 g/mol.